The van der Waals surface area contributed by atoms with Gasteiger partial charge in [-0.15, -0.1) is 0 Å². The van der Waals surface area contributed by atoms with Gasteiger partial charge in [0, 0.05) is 13.6 Å². The molecule has 4 rings (SSSR count). The minimum atomic E-state index is -0.439. The molecule has 2 amide bonds. The number of nitrogens with zero attached hydrogens (tertiary/aromatic N) is 1. The van der Waals surface area contributed by atoms with E-state index in [0.29, 0.717) is 29.1 Å². The van der Waals surface area contributed by atoms with Crippen molar-refractivity contribution < 1.29 is 18.7 Å². The lowest BCUT2D eigenvalue weighted by atomic mass is 10.0. The zero-order valence-corrected chi connectivity index (χ0v) is 17.1. The van der Waals surface area contributed by atoms with E-state index >= 15 is 0 Å². The third-order valence-corrected chi connectivity index (χ3v) is 5.21. The van der Waals surface area contributed by atoms with Crippen molar-refractivity contribution in [1.82, 2.24) is 10.2 Å². The summed E-state index contributed by atoms with van der Waals surface area (Å²) in [5.74, 6) is 0.306. The Bertz CT molecular complexity index is 1070. The second-order valence-corrected chi connectivity index (χ2v) is 7.22. The number of carbonyl (C=O) groups excluding carboxylic acids is 2. The lowest BCUT2D eigenvalue weighted by Gasteiger charge is -2.35. The van der Waals surface area contributed by atoms with Gasteiger partial charge in [-0.05, 0) is 36.8 Å². The molecule has 7 heteroatoms. The Morgan fingerprint density at radius 1 is 1.20 bits per heavy atom. The number of carbonyl (C=O) groups is 2. The number of hydrogen-bond donors (Lipinski definition) is 2. The summed E-state index contributed by atoms with van der Waals surface area (Å²) in [5, 5.41) is 6.18. The van der Waals surface area contributed by atoms with E-state index in [9.17, 15) is 9.59 Å². The molecule has 2 heterocycles. The lowest BCUT2D eigenvalue weighted by molar-refractivity contribution is 0.0715. The molecule has 0 fully saturated rings. The van der Waals surface area contributed by atoms with Gasteiger partial charge in [0.15, 0.2) is 6.17 Å². The van der Waals surface area contributed by atoms with Crippen LogP contribution in [0.4, 0.5) is 5.69 Å². The molecule has 2 aromatic carbocycles. The summed E-state index contributed by atoms with van der Waals surface area (Å²) < 4.78 is 11.0. The Morgan fingerprint density at radius 3 is 2.63 bits per heavy atom. The van der Waals surface area contributed by atoms with E-state index in [0.717, 1.165) is 11.1 Å². The van der Waals surface area contributed by atoms with E-state index in [1.807, 2.05) is 31.2 Å². The molecule has 0 saturated heterocycles. The van der Waals surface area contributed by atoms with E-state index in [4.69, 9.17) is 9.15 Å². The van der Waals surface area contributed by atoms with Crippen molar-refractivity contribution in [3.63, 3.8) is 0 Å². The SMILES string of the molecule is COc1c(C(=O)NCc2ccc(C)cc2)ccc2c1C(=O)N(C)C(c1ccco1)N2. The molecule has 154 valence electrons. The summed E-state index contributed by atoms with van der Waals surface area (Å²) in [5.41, 5.74) is 3.37. The predicted octanol–water partition coefficient (Wildman–Crippen LogP) is 3.72. The van der Waals surface area contributed by atoms with Crippen molar-refractivity contribution >= 4 is 17.5 Å². The van der Waals surface area contributed by atoms with Gasteiger partial charge in [-0.2, -0.15) is 0 Å². The molecule has 0 saturated carbocycles. The fourth-order valence-corrected chi connectivity index (χ4v) is 3.54. The Labute approximate surface area is 174 Å². The van der Waals surface area contributed by atoms with Crippen LogP contribution in [0, 0.1) is 6.92 Å². The maximum atomic E-state index is 13.1. The number of hydrogen-bond acceptors (Lipinski definition) is 5. The number of methoxy groups -OCH3 is 1. The van der Waals surface area contributed by atoms with Crippen molar-refractivity contribution in [2.24, 2.45) is 0 Å². The van der Waals surface area contributed by atoms with Crippen LogP contribution in [0.5, 0.6) is 5.75 Å². The van der Waals surface area contributed by atoms with Gasteiger partial charge in [0.25, 0.3) is 11.8 Å². The standard InChI is InChI=1S/C23H23N3O4/c1-14-6-8-15(9-7-14)13-24-22(27)16-10-11-17-19(20(16)29-3)23(28)26(2)21(25-17)18-5-4-12-30-18/h4-12,21,25H,13H2,1-3H3,(H,24,27). The highest BCUT2D eigenvalue weighted by Gasteiger charge is 2.35. The van der Waals surface area contributed by atoms with E-state index in [1.54, 1.807) is 37.6 Å². The first-order valence-electron chi connectivity index (χ1n) is 9.61. The molecule has 30 heavy (non-hydrogen) atoms. The van der Waals surface area contributed by atoms with E-state index in [2.05, 4.69) is 10.6 Å². The molecule has 0 aliphatic carbocycles. The first-order valence-corrected chi connectivity index (χ1v) is 9.61. The third-order valence-electron chi connectivity index (χ3n) is 5.21. The second-order valence-electron chi connectivity index (χ2n) is 7.22. The molecular weight excluding hydrogens is 382 g/mol. The molecule has 1 aromatic heterocycles. The zero-order valence-electron chi connectivity index (χ0n) is 17.1. The van der Waals surface area contributed by atoms with Crippen molar-refractivity contribution in [1.29, 1.82) is 0 Å². The zero-order chi connectivity index (χ0) is 21.3. The van der Waals surface area contributed by atoms with Crippen molar-refractivity contribution in [2.75, 3.05) is 19.5 Å². The van der Waals surface area contributed by atoms with Gasteiger partial charge in [0.05, 0.1) is 24.6 Å². The van der Waals surface area contributed by atoms with Crippen LogP contribution in [0.3, 0.4) is 0 Å². The number of nitrogens with one attached hydrogen (secondary N) is 2. The summed E-state index contributed by atoms with van der Waals surface area (Å²) in [6.45, 7) is 2.39. The first kappa shape index (κ1) is 19.6. The fraction of sp³-hybridized carbons (Fsp3) is 0.217. The molecule has 0 bridgehead atoms. The van der Waals surface area contributed by atoms with Crippen LogP contribution >= 0.6 is 0 Å². The Hall–Kier alpha value is -3.74. The molecule has 1 aliphatic heterocycles. The monoisotopic (exact) mass is 405 g/mol. The van der Waals surface area contributed by atoms with Crippen LogP contribution in [0.25, 0.3) is 0 Å². The Morgan fingerprint density at radius 2 is 1.97 bits per heavy atom. The number of fused-ring (bicyclic) bond motifs is 1. The minimum Gasteiger partial charge on any atom is -0.495 e. The maximum absolute atomic E-state index is 13.1. The Kier molecular flexibility index (Phi) is 5.18. The van der Waals surface area contributed by atoms with Gasteiger partial charge in [-0.3, -0.25) is 9.59 Å². The summed E-state index contributed by atoms with van der Waals surface area (Å²) >= 11 is 0. The van der Waals surface area contributed by atoms with Gasteiger partial charge in [-0.1, -0.05) is 29.8 Å². The summed E-state index contributed by atoms with van der Waals surface area (Å²) in [6.07, 6.45) is 1.12. The van der Waals surface area contributed by atoms with Gasteiger partial charge in [-0.25, -0.2) is 0 Å². The van der Waals surface area contributed by atoms with Crippen LogP contribution < -0.4 is 15.4 Å². The number of aryl methyl sites for hydroxylation is 1. The molecule has 0 radical (unpaired) electrons. The van der Waals surface area contributed by atoms with Crippen LogP contribution in [0.15, 0.2) is 59.2 Å². The van der Waals surface area contributed by atoms with Crippen molar-refractivity contribution in [3.05, 3.63) is 82.8 Å². The van der Waals surface area contributed by atoms with Gasteiger partial charge in [0.2, 0.25) is 0 Å². The molecule has 7 nitrogen and oxygen atoms in total. The van der Waals surface area contributed by atoms with Gasteiger partial charge >= 0.3 is 0 Å². The predicted molar refractivity (Wildman–Crippen MR) is 113 cm³/mol. The first-order chi connectivity index (χ1) is 14.5. The highest BCUT2D eigenvalue weighted by molar-refractivity contribution is 6.08. The molecule has 3 aromatic rings. The van der Waals surface area contributed by atoms with E-state index in [-0.39, 0.29) is 17.6 Å². The average molecular weight is 405 g/mol. The van der Waals surface area contributed by atoms with E-state index in [1.165, 1.54) is 12.0 Å². The summed E-state index contributed by atoms with van der Waals surface area (Å²) in [4.78, 5) is 27.5. The minimum absolute atomic E-state index is 0.246. The number of furan rings is 1. The van der Waals surface area contributed by atoms with Crippen LogP contribution in [0.2, 0.25) is 0 Å². The number of amides is 2. The normalized spacial score (nSPS) is 15.4. The topological polar surface area (TPSA) is 83.8 Å². The molecule has 2 N–H and O–H groups in total. The highest BCUT2D eigenvalue weighted by Crippen LogP contribution is 2.39. The lowest BCUT2D eigenvalue weighted by Crippen LogP contribution is -2.40. The molecular formula is C23H23N3O4. The largest absolute Gasteiger partial charge is 0.495 e. The van der Waals surface area contributed by atoms with Crippen LogP contribution in [0.1, 0.15) is 43.8 Å². The smallest absolute Gasteiger partial charge is 0.261 e. The molecule has 0 spiro atoms. The van der Waals surface area contributed by atoms with Crippen molar-refractivity contribution in [2.45, 2.75) is 19.6 Å². The quantitative estimate of drug-likeness (QED) is 0.676. The average Bonchev–Trinajstić information content (AvgIpc) is 3.29. The number of ether oxygens (including phenoxy) is 1. The second kappa shape index (κ2) is 7.94. The fourth-order valence-electron chi connectivity index (χ4n) is 3.54. The van der Waals surface area contributed by atoms with Crippen molar-refractivity contribution in [3.8, 4) is 5.75 Å². The highest BCUT2D eigenvalue weighted by atomic mass is 16.5. The van der Waals surface area contributed by atoms with Crippen LogP contribution in [-0.2, 0) is 6.54 Å². The number of benzene rings is 2. The molecule has 1 atom stereocenters. The van der Waals surface area contributed by atoms with E-state index < -0.39 is 6.17 Å². The summed E-state index contributed by atoms with van der Waals surface area (Å²) in [6, 6.07) is 14.9. The molecule has 1 unspecified atom stereocenters. The summed E-state index contributed by atoms with van der Waals surface area (Å²) in [7, 11) is 3.13. The number of anilines is 1. The Balaban J connectivity index is 1.61. The van der Waals surface area contributed by atoms with Gasteiger partial charge in [0.1, 0.15) is 17.1 Å². The molecule has 1 aliphatic rings. The third kappa shape index (κ3) is 3.50. The van der Waals surface area contributed by atoms with Crippen LogP contribution in [-0.4, -0.2) is 30.9 Å². The maximum Gasteiger partial charge on any atom is 0.261 e. The number of rotatable bonds is 5. The van der Waals surface area contributed by atoms with Gasteiger partial charge < -0.3 is 24.7 Å².